The molecule has 1 atom stereocenters. The number of aliphatic imine (C=N–C) groups is 1. The van der Waals surface area contributed by atoms with Crippen LogP contribution in [0.1, 0.15) is 13.8 Å². The largest absolute Gasteiger partial charge is 0.489 e. The summed E-state index contributed by atoms with van der Waals surface area (Å²) in [6.45, 7) is 7.49. The first-order valence-electron chi connectivity index (χ1n) is 8.16. The number of nitrogens with one attached hydrogen (secondary N) is 2. The van der Waals surface area contributed by atoms with E-state index in [2.05, 4.69) is 15.6 Å². The fraction of sp³-hybridized carbons (Fsp3) is 0.588. The van der Waals surface area contributed by atoms with E-state index in [4.69, 9.17) is 14.2 Å². The van der Waals surface area contributed by atoms with Gasteiger partial charge in [0.25, 0.3) is 0 Å². The van der Waals surface area contributed by atoms with E-state index in [-0.39, 0.29) is 35.9 Å². The van der Waals surface area contributed by atoms with E-state index in [0.29, 0.717) is 44.6 Å². The lowest BCUT2D eigenvalue weighted by Gasteiger charge is -2.15. The van der Waals surface area contributed by atoms with Crippen molar-refractivity contribution in [3.63, 3.8) is 0 Å². The van der Waals surface area contributed by atoms with E-state index in [9.17, 15) is 4.39 Å². The van der Waals surface area contributed by atoms with Crippen molar-refractivity contribution in [3.8, 4) is 5.75 Å². The van der Waals surface area contributed by atoms with Gasteiger partial charge >= 0.3 is 0 Å². The van der Waals surface area contributed by atoms with Gasteiger partial charge in [-0.25, -0.2) is 9.38 Å². The van der Waals surface area contributed by atoms with Crippen LogP contribution in [-0.4, -0.2) is 58.6 Å². The molecular formula is C17H29FIN3O3. The Morgan fingerprint density at radius 3 is 2.72 bits per heavy atom. The second-order valence-corrected chi connectivity index (χ2v) is 5.14. The number of guanidine groups is 1. The molecule has 144 valence electrons. The van der Waals surface area contributed by atoms with Crippen molar-refractivity contribution in [2.24, 2.45) is 4.99 Å². The number of benzene rings is 1. The highest BCUT2D eigenvalue weighted by molar-refractivity contribution is 14.0. The molecule has 1 aromatic carbocycles. The molecule has 0 heterocycles. The first kappa shape index (κ1) is 23.9. The number of hydrogen-bond donors (Lipinski definition) is 2. The molecule has 1 rings (SSSR count). The van der Waals surface area contributed by atoms with Crippen molar-refractivity contribution in [3.05, 3.63) is 30.1 Å². The summed E-state index contributed by atoms with van der Waals surface area (Å²) in [4.78, 5) is 4.46. The molecule has 25 heavy (non-hydrogen) atoms. The summed E-state index contributed by atoms with van der Waals surface area (Å²) in [6, 6.07) is 6.10. The Hall–Kier alpha value is -1.13. The average molecular weight is 469 g/mol. The van der Waals surface area contributed by atoms with Crippen LogP contribution in [-0.2, 0) is 9.47 Å². The number of nitrogens with zero attached hydrogens (tertiary/aromatic N) is 1. The molecule has 6 nitrogen and oxygen atoms in total. The zero-order chi connectivity index (χ0) is 17.6. The topological polar surface area (TPSA) is 64.1 Å². The van der Waals surface area contributed by atoms with Crippen LogP contribution in [0, 0.1) is 5.82 Å². The SMILES string of the molecule is CCNC(=NCC(C)Oc1cccc(F)c1)NCCOCCOC.I. The molecule has 2 N–H and O–H groups in total. The first-order valence-corrected chi connectivity index (χ1v) is 8.16. The quantitative estimate of drug-likeness (QED) is 0.226. The standard InChI is InChI=1S/C17H28FN3O3.HI/c1-4-19-17(20-8-9-23-11-10-22-3)21-13-14(2)24-16-7-5-6-15(18)12-16;/h5-7,12,14H,4,8-11,13H2,1-3H3,(H2,19,20,21);1H. The Labute approximate surface area is 166 Å². The molecule has 0 aliphatic carbocycles. The summed E-state index contributed by atoms with van der Waals surface area (Å²) in [6.07, 6.45) is -0.166. The maximum absolute atomic E-state index is 13.1. The van der Waals surface area contributed by atoms with Gasteiger partial charge in [0.15, 0.2) is 5.96 Å². The molecule has 1 unspecified atom stereocenters. The van der Waals surface area contributed by atoms with E-state index in [1.807, 2.05) is 13.8 Å². The van der Waals surface area contributed by atoms with Crippen molar-refractivity contribution in [2.45, 2.75) is 20.0 Å². The lowest BCUT2D eigenvalue weighted by molar-refractivity contribution is 0.0733. The van der Waals surface area contributed by atoms with Crippen molar-refractivity contribution in [1.29, 1.82) is 0 Å². The number of hydrogen-bond acceptors (Lipinski definition) is 4. The minimum Gasteiger partial charge on any atom is -0.489 e. The van der Waals surface area contributed by atoms with Gasteiger partial charge in [-0.1, -0.05) is 6.07 Å². The summed E-state index contributed by atoms with van der Waals surface area (Å²) >= 11 is 0. The molecule has 0 fully saturated rings. The smallest absolute Gasteiger partial charge is 0.191 e. The van der Waals surface area contributed by atoms with Gasteiger partial charge in [-0.15, -0.1) is 24.0 Å². The maximum atomic E-state index is 13.1. The highest BCUT2D eigenvalue weighted by Gasteiger charge is 2.05. The van der Waals surface area contributed by atoms with Gasteiger partial charge in [0.2, 0.25) is 0 Å². The number of halogens is 2. The van der Waals surface area contributed by atoms with E-state index >= 15 is 0 Å². The van der Waals surface area contributed by atoms with Gasteiger partial charge in [-0.2, -0.15) is 0 Å². The van der Waals surface area contributed by atoms with Crippen LogP contribution >= 0.6 is 24.0 Å². The monoisotopic (exact) mass is 469 g/mol. The Morgan fingerprint density at radius 1 is 1.24 bits per heavy atom. The molecular weight excluding hydrogens is 440 g/mol. The third-order valence-corrected chi connectivity index (χ3v) is 2.95. The zero-order valence-electron chi connectivity index (χ0n) is 15.1. The van der Waals surface area contributed by atoms with E-state index < -0.39 is 0 Å². The second kappa shape index (κ2) is 15.2. The van der Waals surface area contributed by atoms with Crippen LogP contribution in [0.25, 0.3) is 0 Å². The molecule has 0 aliphatic rings. The van der Waals surface area contributed by atoms with E-state index in [1.54, 1.807) is 19.2 Å². The molecule has 0 saturated carbocycles. The highest BCUT2D eigenvalue weighted by Crippen LogP contribution is 2.13. The number of rotatable bonds is 11. The third-order valence-electron chi connectivity index (χ3n) is 2.95. The summed E-state index contributed by atoms with van der Waals surface area (Å²) in [5.74, 6) is 0.886. The molecule has 0 saturated heterocycles. The van der Waals surface area contributed by atoms with Crippen LogP contribution in [0.3, 0.4) is 0 Å². The van der Waals surface area contributed by atoms with Gasteiger partial charge in [-0.05, 0) is 26.0 Å². The summed E-state index contributed by atoms with van der Waals surface area (Å²) < 4.78 is 29.1. The summed E-state index contributed by atoms with van der Waals surface area (Å²) in [5.41, 5.74) is 0. The van der Waals surface area contributed by atoms with Crippen LogP contribution < -0.4 is 15.4 Å². The molecule has 8 heteroatoms. The first-order chi connectivity index (χ1) is 11.7. The number of methoxy groups -OCH3 is 1. The predicted molar refractivity (Wildman–Crippen MR) is 109 cm³/mol. The van der Waals surface area contributed by atoms with Crippen molar-refractivity contribution >= 4 is 29.9 Å². The fourth-order valence-electron chi connectivity index (χ4n) is 1.86. The normalized spacial score (nSPS) is 12.2. The fourth-order valence-corrected chi connectivity index (χ4v) is 1.86. The second-order valence-electron chi connectivity index (χ2n) is 5.14. The van der Waals surface area contributed by atoms with Gasteiger partial charge in [0.05, 0.1) is 26.4 Å². The Bertz CT molecular complexity index is 492. The minimum absolute atomic E-state index is 0. The van der Waals surface area contributed by atoms with Gasteiger partial charge in [-0.3, -0.25) is 0 Å². The third kappa shape index (κ3) is 12.0. The zero-order valence-corrected chi connectivity index (χ0v) is 17.4. The van der Waals surface area contributed by atoms with Crippen LogP contribution in [0.2, 0.25) is 0 Å². The highest BCUT2D eigenvalue weighted by atomic mass is 127. The summed E-state index contributed by atoms with van der Waals surface area (Å²) in [5, 5.41) is 6.34. The predicted octanol–water partition coefficient (Wildman–Crippen LogP) is 2.43. The van der Waals surface area contributed by atoms with Gasteiger partial charge in [0, 0.05) is 26.3 Å². The molecule has 0 aromatic heterocycles. The Balaban J connectivity index is 0.00000576. The summed E-state index contributed by atoms with van der Waals surface area (Å²) in [7, 11) is 1.64. The van der Waals surface area contributed by atoms with Crippen LogP contribution in [0.4, 0.5) is 4.39 Å². The van der Waals surface area contributed by atoms with E-state index in [1.165, 1.54) is 12.1 Å². The van der Waals surface area contributed by atoms with E-state index in [0.717, 1.165) is 6.54 Å². The lowest BCUT2D eigenvalue weighted by Crippen LogP contribution is -2.39. The number of ether oxygens (including phenoxy) is 3. The Morgan fingerprint density at radius 2 is 2.04 bits per heavy atom. The lowest BCUT2D eigenvalue weighted by atomic mass is 10.3. The molecule has 0 spiro atoms. The molecule has 0 bridgehead atoms. The van der Waals surface area contributed by atoms with Crippen molar-refractivity contribution in [2.75, 3.05) is 46.6 Å². The molecule has 0 amide bonds. The van der Waals surface area contributed by atoms with Gasteiger partial charge < -0.3 is 24.8 Å². The molecule has 0 aliphatic heterocycles. The average Bonchev–Trinajstić information content (AvgIpc) is 2.55. The van der Waals surface area contributed by atoms with Crippen LogP contribution in [0.15, 0.2) is 29.3 Å². The van der Waals surface area contributed by atoms with Crippen molar-refractivity contribution < 1.29 is 18.6 Å². The van der Waals surface area contributed by atoms with Crippen molar-refractivity contribution in [1.82, 2.24) is 10.6 Å². The Kier molecular flexibility index (Phi) is 14.5. The van der Waals surface area contributed by atoms with Crippen LogP contribution in [0.5, 0.6) is 5.75 Å². The minimum atomic E-state index is -0.313. The van der Waals surface area contributed by atoms with Gasteiger partial charge in [0.1, 0.15) is 17.7 Å². The molecule has 0 radical (unpaired) electrons. The molecule has 1 aromatic rings. The maximum Gasteiger partial charge on any atom is 0.191 e.